The van der Waals surface area contributed by atoms with Crippen LogP contribution in [0.5, 0.6) is 0 Å². The molecule has 0 bridgehead atoms. The molecule has 1 aliphatic rings. The van der Waals surface area contributed by atoms with Crippen LogP contribution < -0.4 is 5.32 Å². The molecule has 2 N–H and O–H groups in total. The molecule has 1 aliphatic heterocycles. The van der Waals surface area contributed by atoms with E-state index >= 15 is 0 Å². The minimum absolute atomic E-state index is 0.0608. The molecule has 3 rings (SSSR count). The van der Waals surface area contributed by atoms with Crippen molar-refractivity contribution in [3.8, 4) is 0 Å². The molecule has 4 nitrogen and oxygen atoms in total. The number of nitrogens with zero attached hydrogens (tertiary/aromatic N) is 1. The Morgan fingerprint density at radius 2 is 1.52 bits per heavy atom. The summed E-state index contributed by atoms with van der Waals surface area (Å²) >= 11 is 0. The zero-order valence-electron chi connectivity index (χ0n) is 12.9. The monoisotopic (exact) mass is 308 g/mol. The lowest BCUT2D eigenvalue weighted by Crippen LogP contribution is -2.59. The fraction of sp³-hybridized carbons (Fsp3) is 0.211. The van der Waals surface area contributed by atoms with Gasteiger partial charge in [-0.1, -0.05) is 67.2 Å². The molecule has 0 saturated carbocycles. The number of aliphatic carboxylic acids is 1. The topological polar surface area (TPSA) is 52.6 Å². The molecule has 2 aromatic carbocycles. The number of carboxylic acids is 1. The van der Waals surface area contributed by atoms with Crippen molar-refractivity contribution < 1.29 is 9.90 Å². The fourth-order valence-electron chi connectivity index (χ4n) is 3.01. The Balaban J connectivity index is 1.74. The second-order valence-electron chi connectivity index (χ2n) is 5.80. The number of carboxylic acid groups (broad SMARTS) is 1. The highest BCUT2D eigenvalue weighted by Gasteiger charge is 2.34. The van der Waals surface area contributed by atoms with Gasteiger partial charge in [-0.05, 0) is 11.1 Å². The highest BCUT2D eigenvalue weighted by Crippen LogP contribution is 2.32. The minimum atomic E-state index is -0.994. The number of benzene rings is 2. The van der Waals surface area contributed by atoms with Crippen LogP contribution in [-0.2, 0) is 4.79 Å². The van der Waals surface area contributed by atoms with Crippen molar-refractivity contribution in [2.24, 2.45) is 0 Å². The Labute approximate surface area is 136 Å². The van der Waals surface area contributed by atoms with Crippen LogP contribution in [0, 0.1) is 0 Å². The summed E-state index contributed by atoms with van der Waals surface area (Å²) in [6.45, 7) is 5.12. The average molecular weight is 308 g/mol. The van der Waals surface area contributed by atoms with Gasteiger partial charge < -0.3 is 10.4 Å². The molecule has 0 atom stereocenters. The van der Waals surface area contributed by atoms with Gasteiger partial charge in [-0.15, -0.1) is 0 Å². The molecule has 0 unspecified atom stereocenters. The van der Waals surface area contributed by atoms with E-state index in [4.69, 9.17) is 5.11 Å². The van der Waals surface area contributed by atoms with E-state index in [0.29, 0.717) is 0 Å². The molecule has 1 heterocycles. The quantitative estimate of drug-likeness (QED) is 0.806. The van der Waals surface area contributed by atoms with Crippen LogP contribution in [0.1, 0.15) is 17.2 Å². The van der Waals surface area contributed by atoms with Crippen LogP contribution in [0.3, 0.4) is 0 Å². The van der Waals surface area contributed by atoms with Crippen LogP contribution in [-0.4, -0.2) is 35.1 Å². The Bertz CT molecular complexity index is 640. The summed E-state index contributed by atoms with van der Waals surface area (Å²) in [5.74, 6) is -0.994. The summed E-state index contributed by atoms with van der Waals surface area (Å²) < 4.78 is 0. The van der Waals surface area contributed by atoms with E-state index in [1.54, 1.807) is 0 Å². The van der Waals surface area contributed by atoms with Gasteiger partial charge in [-0.3, -0.25) is 4.90 Å². The Morgan fingerprint density at radius 1 is 1.04 bits per heavy atom. The van der Waals surface area contributed by atoms with Crippen LogP contribution >= 0.6 is 0 Å². The predicted octanol–water partition coefficient (Wildman–Crippen LogP) is 2.65. The van der Waals surface area contributed by atoms with Gasteiger partial charge >= 0.3 is 5.97 Å². The summed E-state index contributed by atoms with van der Waals surface area (Å²) in [4.78, 5) is 13.2. The first-order valence-corrected chi connectivity index (χ1v) is 7.68. The van der Waals surface area contributed by atoms with Crippen LogP contribution in [0.2, 0.25) is 0 Å². The summed E-state index contributed by atoms with van der Waals surface area (Å²) in [6, 6.07) is 21.1. The van der Waals surface area contributed by atoms with Gasteiger partial charge in [0.25, 0.3) is 0 Å². The molecular weight excluding hydrogens is 288 g/mol. The second-order valence-corrected chi connectivity index (χ2v) is 5.80. The predicted molar refractivity (Wildman–Crippen MR) is 90.0 cm³/mol. The molecule has 2 aromatic rings. The fourth-order valence-corrected chi connectivity index (χ4v) is 3.01. The molecule has 1 saturated heterocycles. The van der Waals surface area contributed by atoms with Crippen molar-refractivity contribution in [3.63, 3.8) is 0 Å². The molecule has 0 amide bonds. The van der Waals surface area contributed by atoms with Gasteiger partial charge in [-0.2, -0.15) is 0 Å². The van der Waals surface area contributed by atoms with Crippen LogP contribution in [0.4, 0.5) is 0 Å². The lowest BCUT2D eigenvalue weighted by molar-refractivity contribution is -0.133. The zero-order valence-corrected chi connectivity index (χ0v) is 12.9. The number of likely N-dealkylation sites (tertiary alicyclic amines) is 1. The van der Waals surface area contributed by atoms with E-state index in [1.807, 2.05) is 36.4 Å². The number of nitrogens with one attached hydrogen (secondary N) is 1. The third kappa shape index (κ3) is 3.43. The van der Waals surface area contributed by atoms with Crippen LogP contribution in [0.15, 0.2) is 72.9 Å². The molecule has 0 aromatic heterocycles. The lowest BCUT2D eigenvalue weighted by Gasteiger charge is -2.45. The maximum absolute atomic E-state index is 10.9. The van der Waals surface area contributed by atoms with E-state index in [-0.39, 0.29) is 17.8 Å². The number of hydrogen-bond donors (Lipinski definition) is 2. The molecule has 118 valence electrons. The van der Waals surface area contributed by atoms with E-state index < -0.39 is 5.97 Å². The van der Waals surface area contributed by atoms with Crippen molar-refractivity contribution in [2.45, 2.75) is 12.1 Å². The number of carbonyl (C=O) groups is 1. The molecule has 0 radical (unpaired) electrons. The largest absolute Gasteiger partial charge is 0.477 e. The molecule has 23 heavy (non-hydrogen) atoms. The highest BCUT2D eigenvalue weighted by atomic mass is 16.4. The molecule has 4 heteroatoms. The Morgan fingerprint density at radius 3 is 1.96 bits per heavy atom. The summed E-state index contributed by atoms with van der Waals surface area (Å²) in [6.07, 6.45) is 0. The Kier molecular flexibility index (Phi) is 4.44. The van der Waals surface area contributed by atoms with Gasteiger partial charge in [0.2, 0.25) is 0 Å². The highest BCUT2D eigenvalue weighted by molar-refractivity contribution is 5.85. The smallest absolute Gasteiger partial charge is 0.351 e. The third-order valence-electron chi connectivity index (χ3n) is 4.14. The Hall–Kier alpha value is -2.59. The maximum Gasteiger partial charge on any atom is 0.351 e. The van der Waals surface area contributed by atoms with Crippen molar-refractivity contribution in [3.05, 3.63) is 84.1 Å². The van der Waals surface area contributed by atoms with Gasteiger partial charge in [0.05, 0.1) is 12.1 Å². The second kappa shape index (κ2) is 6.67. The van der Waals surface area contributed by atoms with E-state index in [0.717, 1.165) is 13.1 Å². The first-order chi connectivity index (χ1) is 11.1. The first-order valence-electron chi connectivity index (χ1n) is 7.68. The van der Waals surface area contributed by atoms with Crippen LogP contribution in [0.25, 0.3) is 0 Å². The SMILES string of the molecule is C=C(NC1CN(C(c2ccccc2)c2ccccc2)C1)C(=O)O. The minimum Gasteiger partial charge on any atom is -0.477 e. The average Bonchev–Trinajstić information content (AvgIpc) is 2.54. The van der Waals surface area contributed by atoms with Crippen molar-refractivity contribution in [2.75, 3.05) is 13.1 Å². The van der Waals surface area contributed by atoms with E-state index in [1.165, 1.54) is 11.1 Å². The van der Waals surface area contributed by atoms with Crippen molar-refractivity contribution in [1.29, 1.82) is 0 Å². The molecule has 1 fully saturated rings. The third-order valence-corrected chi connectivity index (χ3v) is 4.14. The molecular formula is C19H20N2O2. The summed E-state index contributed by atoms with van der Waals surface area (Å²) in [5, 5.41) is 11.9. The van der Waals surface area contributed by atoms with Gasteiger partial charge in [0.1, 0.15) is 5.70 Å². The zero-order chi connectivity index (χ0) is 16.2. The molecule has 0 spiro atoms. The maximum atomic E-state index is 10.9. The van der Waals surface area contributed by atoms with Gasteiger partial charge in [0.15, 0.2) is 0 Å². The number of hydrogen-bond acceptors (Lipinski definition) is 3. The van der Waals surface area contributed by atoms with Crippen molar-refractivity contribution >= 4 is 5.97 Å². The van der Waals surface area contributed by atoms with E-state index in [9.17, 15) is 4.79 Å². The number of rotatable bonds is 6. The van der Waals surface area contributed by atoms with Gasteiger partial charge in [-0.25, -0.2) is 4.79 Å². The molecule has 0 aliphatic carbocycles. The summed E-state index contributed by atoms with van der Waals surface area (Å²) in [5.41, 5.74) is 2.55. The van der Waals surface area contributed by atoms with Crippen molar-refractivity contribution in [1.82, 2.24) is 10.2 Å². The lowest BCUT2D eigenvalue weighted by atomic mass is 9.93. The van der Waals surface area contributed by atoms with E-state index in [2.05, 4.69) is 41.1 Å². The first kappa shape index (κ1) is 15.3. The standard InChI is InChI=1S/C19H20N2O2/c1-14(19(22)23)20-17-12-21(13-17)18(15-8-4-2-5-9-15)16-10-6-3-7-11-16/h2-11,17-18,20H,1,12-13H2,(H,22,23). The summed E-state index contributed by atoms with van der Waals surface area (Å²) in [7, 11) is 0. The normalized spacial score (nSPS) is 15.2. The van der Waals surface area contributed by atoms with Gasteiger partial charge in [0, 0.05) is 13.1 Å².